The molecule has 0 radical (unpaired) electrons. The van der Waals surface area contributed by atoms with E-state index in [-0.39, 0.29) is 5.91 Å². The van der Waals surface area contributed by atoms with E-state index in [0.717, 1.165) is 48.2 Å². The van der Waals surface area contributed by atoms with Gasteiger partial charge in [0.15, 0.2) is 6.54 Å². The van der Waals surface area contributed by atoms with E-state index in [1.807, 2.05) is 49.5 Å². The number of ether oxygens (including phenoxy) is 1. The molecule has 2 aromatic rings. The zero-order valence-corrected chi connectivity index (χ0v) is 16.7. The van der Waals surface area contributed by atoms with Gasteiger partial charge in [-0.1, -0.05) is 35.9 Å². The average Bonchev–Trinajstić information content (AvgIpc) is 2.69. The summed E-state index contributed by atoms with van der Waals surface area (Å²) in [5.74, 6) is 0.980. The number of carbonyl (C=O) groups excluding carboxylic acids is 1. The Bertz CT molecular complexity index is 776. The molecule has 1 aliphatic rings. The lowest BCUT2D eigenvalue weighted by atomic mass is 10.2. The van der Waals surface area contributed by atoms with E-state index >= 15 is 0 Å². The highest BCUT2D eigenvalue weighted by Gasteiger charge is 2.24. The topological polar surface area (TPSA) is 37.2 Å². The lowest BCUT2D eigenvalue weighted by Gasteiger charge is -2.34. The maximum absolute atomic E-state index is 12.6. The Balaban J connectivity index is 1.49. The van der Waals surface area contributed by atoms with Gasteiger partial charge in [-0.15, -0.1) is 0 Å². The average molecular weight is 389 g/mol. The number of likely N-dealkylation sites (N-methyl/N-ethyl adjacent to an activating group) is 1. The third-order valence-corrected chi connectivity index (χ3v) is 5.36. The molecule has 0 aromatic heterocycles. The predicted octanol–water partition coefficient (Wildman–Crippen LogP) is 1.71. The van der Waals surface area contributed by atoms with E-state index in [2.05, 4.69) is 11.0 Å². The fraction of sp³-hybridized carbons (Fsp3) is 0.381. The molecule has 1 heterocycles. The molecule has 1 fully saturated rings. The Morgan fingerprint density at radius 1 is 1.19 bits per heavy atom. The van der Waals surface area contributed by atoms with Crippen molar-refractivity contribution in [3.8, 4) is 5.75 Å². The summed E-state index contributed by atoms with van der Waals surface area (Å²) in [7, 11) is 3.51. The zero-order valence-electron chi connectivity index (χ0n) is 16.0. The van der Waals surface area contributed by atoms with Crippen molar-refractivity contribution in [1.82, 2.24) is 4.90 Å². The predicted molar refractivity (Wildman–Crippen MR) is 109 cm³/mol. The Morgan fingerprint density at radius 3 is 2.63 bits per heavy atom. The molecular formula is C21H27ClN3O2+. The number of piperazine rings is 1. The molecule has 1 amide bonds. The van der Waals surface area contributed by atoms with Gasteiger partial charge in [0, 0.05) is 13.6 Å². The minimum absolute atomic E-state index is 0.166. The number of carbonyl (C=O) groups is 1. The second kappa shape index (κ2) is 9.11. The van der Waals surface area contributed by atoms with Gasteiger partial charge in [0.1, 0.15) is 5.75 Å². The van der Waals surface area contributed by atoms with E-state index in [1.165, 1.54) is 4.90 Å². The molecule has 0 unspecified atom stereocenters. The summed E-state index contributed by atoms with van der Waals surface area (Å²) in [6.07, 6.45) is 0. The second-order valence-corrected chi connectivity index (χ2v) is 7.37. The minimum atomic E-state index is 0.166. The van der Waals surface area contributed by atoms with Crippen molar-refractivity contribution in [2.24, 2.45) is 0 Å². The van der Waals surface area contributed by atoms with Crippen molar-refractivity contribution in [3.63, 3.8) is 0 Å². The summed E-state index contributed by atoms with van der Waals surface area (Å²) in [4.78, 5) is 18.0. The van der Waals surface area contributed by atoms with Gasteiger partial charge >= 0.3 is 0 Å². The molecule has 3 rings (SSSR count). The van der Waals surface area contributed by atoms with Crippen molar-refractivity contribution in [2.75, 3.05) is 51.8 Å². The molecule has 0 bridgehead atoms. The summed E-state index contributed by atoms with van der Waals surface area (Å²) in [6.45, 7) is 4.80. The van der Waals surface area contributed by atoms with Gasteiger partial charge in [-0.25, -0.2) is 0 Å². The highest BCUT2D eigenvalue weighted by atomic mass is 35.5. The number of nitrogens with zero attached hydrogens (tertiary/aromatic N) is 2. The van der Waals surface area contributed by atoms with Crippen LogP contribution in [-0.4, -0.2) is 57.7 Å². The first-order valence-electron chi connectivity index (χ1n) is 9.27. The molecule has 27 heavy (non-hydrogen) atoms. The number of halogens is 1. The molecule has 1 N–H and O–H groups in total. The van der Waals surface area contributed by atoms with Crippen molar-refractivity contribution in [1.29, 1.82) is 0 Å². The van der Waals surface area contributed by atoms with Gasteiger partial charge in [0.2, 0.25) is 0 Å². The van der Waals surface area contributed by atoms with E-state index in [9.17, 15) is 4.79 Å². The molecule has 0 saturated carbocycles. The molecule has 2 aromatic carbocycles. The molecule has 0 aliphatic carbocycles. The Kier molecular flexibility index (Phi) is 6.58. The Morgan fingerprint density at radius 2 is 1.93 bits per heavy atom. The van der Waals surface area contributed by atoms with Gasteiger partial charge in [-0.3, -0.25) is 4.79 Å². The lowest BCUT2D eigenvalue weighted by Crippen LogP contribution is -3.15. The normalized spacial score (nSPS) is 14.9. The molecule has 0 spiro atoms. The summed E-state index contributed by atoms with van der Waals surface area (Å²) >= 11 is 6.30. The van der Waals surface area contributed by atoms with Gasteiger partial charge in [0.25, 0.3) is 5.91 Å². The van der Waals surface area contributed by atoms with Crippen LogP contribution in [0.1, 0.15) is 5.56 Å². The summed E-state index contributed by atoms with van der Waals surface area (Å²) in [5.41, 5.74) is 2.16. The van der Waals surface area contributed by atoms with E-state index < -0.39 is 0 Å². The van der Waals surface area contributed by atoms with Crippen LogP contribution in [0.2, 0.25) is 5.02 Å². The summed E-state index contributed by atoms with van der Waals surface area (Å²) in [5, 5.41) is 0.787. The van der Waals surface area contributed by atoms with Crippen molar-refractivity contribution < 1.29 is 14.4 Å². The van der Waals surface area contributed by atoms with E-state index in [0.29, 0.717) is 13.1 Å². The third kappa shape index (κ3) is 5.15. The first kappa shape index (κ1) is 19.5. The van der Waals surface area contributed by atoms with Gasteiger partial charge < -0.3 is 19.4 Å². The summed E-state index contributed by atoms with van der Waals surface area (Å²) in [6, 6.07) is 15.8. The number of amides is 1. The smallest absolute Gasteiger partial charge is 0.277 e. The maximum Gasteiger partial charge on any atom is 0.277 e. The van der Waals surface area contributed by atoms with E-state index in [1.54, 1.807) is 12.0 Å². The number of hydrogen-bond acceptors (Lipinski definition) is 3. The van der Waals surface area contributed by atoms with Gasteiger partial charge in [0.05, 0.1) is 44.0 Å². The number of hydrogen-bond donors (Lipinski definition) is 1. The minimum Gasteiger partial charge on any atom is -0.497 e. The largest absolute Gasteiger partial charge is 0.497 e. The van der Waals surface area contributed by atoms with Crippen molar-refractivity contribution >= 4 is 23.2 Å². The van der Waals surface area contributed by atoms with Crippen molar-refractivity contribution in [2.45, 2.75) is 6.54 Å². The number of nitrogens with one attached hydrogen (secondary N) is 1. The first-order chi connectivity index (χ1) is 13.1. The molecular weight excluding hydrogens is 362 g/mol. The molecule has 1 aliphatic heterocycles. The van der Waals surface area contributed by atoms with Crippen LogP contribution in [0.5, 0.6) is 5.75 Å². The van der Waals surface area contributed by atoms with Crippen LogP contribution in [0.25, 0.3) is 0 Å². The number of quaternary nitrogens is 1. The Labute approximate surface area is 166 Å². The number of anilines is 1. The Hall–Kier alpha value is -2.24. The van der Waals surface area contributed by atoms with Crippen LogP contribution in [0.15, 0.2) is 48.5 Å². The monoisotopic (exact) mass is 388 g/mol. The first-order valence-corrected chi connectivity index (χ1v) is 9.64. The zero-order chi connectivity index (χ0) is 19.2. The van der Waals surface area contributed by atoms with Gasteiger partial charge in [-0.05, 0) is 29.8 Å². The van der Waals surface area contributed by atoms with Crippen LogP contribution in [0.3, 0.4) is 0 Å². The number of para-hydroxylation sites is 1. The van der Waals surface area contributed by atoms with E-state index in [4.69, 9.17) is 16.3 Å². The molecule has 6 heteroatoms. The number of benzene rings is 2. The third-order valence-electron chi connectivity index (χ3n) is 5.04. The quantitative estimate of drug-likeness (QED) is 0.818. The highest BCUT2D eigenvalue weighted by molar-refractivity contribution is 6.33. The number of rotatable bonds is 6. The van der Waals surface area contributed by atoms with Gasteiger partial charge in [-0.2, -0.15) is 0 Å². The van der Waals surface area contributed by atoms with Crippen LogP contribution in [-0.2, 0) is 11.3 Å². The summed E-state index contributed by atoms with van der Waals surface area (Å²) < 4.78 is 5.25. The van der Waals surface area contributed by atoms with Crippen LogP contribution < -0.4 is 14.5 Å². The standard InChI is InChI=1S/C21H26ClN3O2/c1-23(15-17-6-5-7-18(14-17)27-2)21(26)16-24-10-12-25(13-11-24)20-9-4-3-8-19(20)22/h3-9,14H,10-13,15-16H2,1-2H3/p+1. The SMILES string of the molecule is COc1cccc(CN(C)C(=O)C[NH+]2CCN(c3ccccc3Cl)CC2)c1. The molecule has 1 saturated heterocycles. The van der Waals surface area contributed by atoms with Crippen molar-refractivity contribution in [3.05, 3.63) is 59.1 Å². The second-order valence-electron chi connectivity index (χ2n) is 6.97. The molecule has 144 valence electrons. The van der Waals surface area contributed by atoms with Crippen LogP contribution in [0, 0.1) is 0 Å². The molecule has 5 nitrogen and oxygen atoms in total. The molecule has 0 atom stereocenters. The van der Waals surface area contributed by atoms with Crippen LogP contribution in [0.4, 0.5) is 5.69 Å². The lowest BCUT2D eigenvalue weighted by molar-refractivity contribution is -0.892. The van der Waals surface area contributed by atoms with Crippen LogP contribution >= 0.6 is 11.6 Å². The fourth-order valence-electron chi connectivity index (χ4n) is 3.43. The number of methoxy groups -OCH3 is 1. The fourth-order valence-corrected chi connectivity index (χ4v) is 3.69. The highest BCUT2D eigenvalue weighted by Crippen LogP contribution is 2.24. The maximum atomic E-state index is 12.6.